The molecule has 1 atom stereocenters. The van der Waals surface area contributed by atoms with Crippen LogP contribution in [0.3, 0.4) is 0 Å². The molecule has 1 heterocycles. The largest absolute Gasteiger partial charge is 0.491 e. The fraction of sp³-hybridized carbons (Fsp3) is 0.600. The summed E-state index contributed by atoms with van der Waals surface area (Å²) in [6, 6.07) is 7.24. The fourth-order valence-corrected chi connectivity index (χ4v) is 2.40. The molecule has 1 aromatic rings. The number of nitrogen functional groups attached to an aromatic ring is 1. The molecule has 0 amide bonds. The molecule has 112 valence electrons. The van der Waals surface area contributed by atoms with Gasteiger partial charge >= 0.3 is 0 Å². The lowest BCUT2D eigenvalue weighted by atomic mass is 10.2. The first-order valence-corrected chi connectivity index (χ1v) is 7.28. The van der Waals surface area contributed by atoms with Crippen molar-refractivity contribution in [3.8, 4) is 5.75 Å². The van der Waals surface area contributed by atoms with Gasteiger partial charge in [-0.25, -0.2) is 0 Å². The molecule has 0 bridgehead atoms. The molecule has 1 aliphatic heterocycles. The third-order valence-corrected chi connectivity index (χ3v) is 3.70. The van der Waals surface area contributed by atoms with Gasteiger partial charge in [-0.05, 0) is 30.8 Å². The van der Waals surface area contributed by atoms with Crippen molar-refractivity contribution in [2.75, 3.05) is 51.6 Å². The lowest BCUT2D eigenvalue weighted by Gasteiger charge is -2.34. The summed E-state index contributed by atoms with van der Waals surface area (Å²) in [6.45, 7) is 8.50. The average Bonchev–Trinajstić information content (AvgIpc) is 2.47. The average molecular weight is 279 g/mol. The van der Waals surface area contributed by atoms with Gasteiger partial charge in [0.1, 0.15) is 18.5 Å². The summed E-state index contributed by atoms with van der Waals surface area (Å²) in [7, 11) is 0. The van der Waals surface area contributed by atoms with Crippen molar-refractivity contribution in [2.45, 2.75) is 13.0 Å². The Morgan fingerprint density at radius 2 is 1.75 bits per heavy atom. The van der Waals surface area contributed by atoms with Gasteiger partial charge in [0, 0.05) is 38.4 Å². The van der Waals surface area contributed by atoms with Crippen molar-refractivity contribution < 1.29 is 9.84 Å². The van der Waals surface area contributed by atoms with Gasteiger partial charge in [-0.15, -0.1) is 0 Å². The molecule has 0 radical (unpaired) electrons. The minimum atomic E-state index is -0.458. The van der Waals surface area contributed by atoms with E-state index < -0.39 is 6.10 Å². The van der Waals surface area contributed by atoms with E-state index >= 15 is 0 Å². The molecule has 0 saturated carbocycles. The van der Waals surface area contributed by atoms with E-state index in [0.717, 1.165) is 38.5 Å². The maximum absolute atomic E-state index is 10.0. The summed E-state index contributed by atoms with van der Waals surface area (Å²) in [5, 5.41) is 10.0. The second-order valence-corrected chi connectivity index (χ2v) is 5.27. The van der Waals surface area contributed by atoms with E-state index in [1.165, 1.54) is 0 Å². The van der Waals surface area contributed by atoms with E-state index in [0.29, 0.717) is 18.8 Å². The molecular formula is C15H25N3O2. The Morgan fingerprint density at radius 1 is 1.15 bits per heavy atom. The van der Waals surface area contributed by atoms with E-state index in [2.05, 4.69) is 16.7 Å². The highest BCUT2D eigenvalue weighted by Gasteiger charge is 2.18. The van der Waals surface area contributed by atoms with Crippen molar-refractivity contribution in [3.63, 3.8) is 0 Å². The Hall–Kier alpha value is -1.30. The molecule has 1 unspecified atom stereocenters. The predicted molar refractivity (Wildman–Crippen MR) is 80.9 cm³/mol. The maximum atomic E-state index is 10.0. The first-order chi connectivity index (χ1) is 9.67. The lowest BCUT2D eigenvalue weighted by Crippen LogP contribution is -2.49. The molecule has 0 aromatic heterocycles. The minimum absolute atomic E-state index is 0.317. The number of anilines is 1. The fourth-order valence-electron chi connectivity index (χ4n) is 2.40. The zero-order valence-corrected chi connectivity index (χ0v) is 12.2. The van der Waals surface area contributed by atoms with Crippen LogP contribution in [0.4, 0.5) is 5.69 Å². The zero-order chi connectivity index (χ0) is 14.4. The van der Waals surface area contributed by atoms with Crippen LogP contribution in [0.15, 0.2) is 24.3 Å². The molecular weight excluding hydrogens is 254 g/mol. The first-order valence-electron chi connectivity index (χ1n) is 7.28. The summed E-state index contributed by atoms with van der Waals surface area (Å²) in [6.07, 6.45) is -0.458. The van der Waals surface area contributed by atoms with Crippen LogP contribution in [0, 0.1) is 0 Å². The van der Waals surface area contributed by atoms with Crippen LogP contribution in [0.5, 0.6) is 5.75 Å². The zero-order valence-electron chi connectivity index (χ0n) is 12.2. The second kappa shape index (κ2) is 7.47. The van der Waals surface area contributed by atoms with Crippen LogP contribution >= 0.6 is 0 Å². The van der Waals surface area contributed by atoms with E-state index in [1.54, 1.807) is 12.1 Å². The number of hydrogen-bond donors (Lipinski definition) is 2. The van der Waals surface area contributed by atoms with Gasteiger partial charge in [-0.2, -0.15) is 0 Å². The topological polar surface area (TPSA) is 62.0 Å². The van der Waals surface area contributed by atoms with Crippen molar-refractivity contribution in [1.82, 2.24) is 9.80 Å². The van der Waals surface area contributed by atoms with Gasteiger partial charge in [0.15, 0.2) is 0 Å². The molecule has 5 heteroatoms. The van der Waals surface area contributed by atoms with Gasteiger partial charge in [0.05, 0.1) is 0 Å². The van der Waals surface area contributed by atoms with Crippen molar-refractivity contribution >= 4 is 5.69 Å². The standard InChI is InChI=1S/C15H25N3O2/c1-2-17-7-9-18(10-8-17)11-14(19)12-20-15-5-3-13(16)4-6-15/h3-6,14,19H,2,7-12,16H2,1H3. The molecule has 2 rings (SSSR count). The Balaban J connectivity index is 1.68. The van der Waals surface area contributed by atoms with Gasteiger partial charge in [0.25, 0.3) is 0 Å². The van der Waals surface area contributed by atoms with Gasteiger partial charge < -0.3 is 20.5 Å². The second-order valence-electron chi connectivity index (χ2n) is 5.27. The predicted octanol–water partition coefficient (Wildman–Crippen LogP) is 0.646. The van der Waals surface area contributed by atoms with Crippen LogP contribution in [0.1, 0.15) is 6.92 Å². The van der Waals surface area contributed by atoms with E-state index in [-0.39, 0.29) is 0 Å². The summed E-state index contributed by atoms with van der Waals surface area (Å²) in [5.41, 5.74) is 6.33. The van der Waals surface area contributed by atoms with E-state index in [9.17, 15) is 5.11 Å². The SMILES string of the molecule is CCN1CCN(CC(O)COc2ccc(N)cc2)CC1. The number of ether oxygens (including phenoxy) is 1. The highest BCUT2D eigenvalue weighted by atomic mass is 16.5. The number of benzene rings is 1. The third kappa shape index (κ3) is 4.67. The van der Waals surface area contributed by atoms with Crippen molar-refractivity contribution in [3.05, 3.63) is 24.3 Å². The third-order valence-electron chi connectivity index (χ3n) is 3.70. The molecule has 1 aliphatic rings. The highest BCUT2D eigenvalue weighted by molar-refractivity contribution is 5.41. The Morgan fingerprint density at radius 3 is 2.35 bits per heavy atom. The molecule has 0 spiro atoms. The normalized spacial score (nSPS) is 18.9. The maximum Gasteiger partial charge on any atom is 0.119 e. The molecule has 3 N–H and O–H groups in total. The first kappa shape index (κ1) is 15.1. The quantitative estimate of drug-likeness (QED) is 0.749. The van der Waals surface area contributed by atoms with Crippen LogP contribution in [-0.2, 0) is 0 Å². The molecule has 0 aliphatic carbocycles. The molecule has 1 saturated heterocycles. The highest BCUT2D eigenvalue weighted by Crippen LogP contribution is 2.13. The molecule has 20 heavy (non-hydrogen) atoms. The molecule has 1 fully saturated rings. The van der Waals surface area contributed by atoms with Gasteiger partial charge in [-0.3, -0.25) is 4.90 Å². The monoisotopic (exact) mass is 279 g/mol. The Kier molecular flexibility index (Phi) is 5.64. The molecule has 1 aromatic carbocycles. The number of hydrogen-bond acceptors (Lipinski definition) is 5. The number of piperazine rings is 1. The number of rotatable bonds is 6. The summed E-state index contributed by atoms with van der Waals surface area (Å²) >= 11 is 0. The van der Waals surface area contributed by atoms with Crippen molar-refractivity contribution in [1.29, 1.82) is 0 Å². The van der Waals surface area contributed by atoms with Crippen LogP contribution in [0.25, 0.3) is 0 Å². The smallest absolute Gasteiger partial charge is 0.119 e. The summed E-state index contributed by atoms with van der Waals surface area (Å²) in [5.74, 6) is 0.744. The van der Waals surface area contributed by atoms with Crippen LogP contribution < -0.4 is 10.5 Å². The van der Waals surface area contributed by atoms with Crippen LogP contribution in [0.2, 0.25) is 0 Å². The lowest BCUT2D eigenvalue weighted by molar-refractivity contribution is 0.0471. The van der Waals surface area contributed by atoms with E-state index in [4.69, 9.17) is 10.5 Å². The number of likely N-dealkylation sites (N-methyl/N-ethyl adjacent to an activating group) is 1. The van der Waals surface area contributed by atoms with Crippen molar-refractivity contribution in [2.24, 2.45) is 0 Å². The van der Waals surface area contributed by atoms with Gasteiger partial charge in [0.2, 0.25) is 0 Å². The summed E-state index contributed by atoms with van der Waals surface area (Å²) in [4.78, 5) is 4.72. The number of aliphatic hydroxyl groups excluding tert-OH is 1. The number of β-amino-alcohol motifs (C(OH)–C–C–N with tert-alkyl or cyclic N) is 1. The van der Waals surface area contributed by atoms with Gasteiger partial charge in [-0.1, -0.05) is 6.92 Å². The van der Waals surface area contributed by atoms with Crippen LogP contribution in [-0.4, -0.2) is 66.9 Å². The van der Waals surface area contributed by atoms with E-state index in [1.807, 2.05) is 12.1 Å². The minimum Gasteiger partial charge on any atom is -0.491 e. The summed E-state index contributed by atoms with van der Waals surface area (Å²) < 4.78 is 5.56. The molecule has 5 nitrogen and oxygen atoms in total. The Bertz CT molecular complexity index is 389. The Labute approximate surface area is 120 Å². The number of nitrogens with two attached hydrogens (primary N) is 1. The number of nitrogens with zero attached hydrogens (tertiary/aromatic N) is 2. The number of aliphatic hydroxyl groups is 1.